The molecule has 1 amide bonds. The second-order valence-corrected chi connectivity index (χ2v) is 9.42. The van der Waals surface area contributed by atoms with E-state index >= 15 is 0 Å². The Hall–Kier alpha value is -4.24. The van der Waals surface area contributed by atoms with Gasteiger partial charge in [0.05, 0.1) is 13.0 Å². The van der Waals surface area contributed by atoms with Gasteiger partial charge in [-0.05, 0) is 13.8 Å². The number of carbonyl (C=O) groups is 4. The molecule has 0 aromatic heterocycles. The molecule has 9 heteroatoms. The van der Waals surface area contributed by atoms with E-state index in [1.807, 2.05) is 67.7 Å². The molecule has 0 radical (unpaired) electrons. The highest BCUT2D eigenvalue weighted by Crippen LogP contribution is 2.23. The summed E-state index contributed by atoms with van der Waals surface area (Å²) in [4.78, 5) is 49.5. The third-order valence-corrected chi connectivity index (χ3v) is 5.88. The first-order chi connectivity index (χ1) is 17.9. The lowest BCUT2D eigenvalue weighted by Crippen LogP contribution is -2.63. The molecule has 1 N–H and O–H groups in total. The van der Waals surface area contributed by atoms with Crippen molar-refractivity contribution in [3.63, 3.8) is 0 Å². The maximum absolute atomic E-state index is 13.7. The van der Waals surface area contributed by atoms with Crippen LogP contribution in [0.5, 0.6) is 0 Å². The summed E-state index contributed by atoms with van der Waals surface area (Å²) in [5, 5.41) is 14.2. The van der Waals surface area contributed by atoms with E-state index in [2.05, 4.69) is 18.5 Å². The zero-order chi connectivity index (χ0) is 28.3. The zero-order valence-electron chi connectivity index (χ0n) is 22.0. The molecule has 0 aliphatic carbocycles. The SMILES string of the molecule is C=C(C)C(=O)OC[C@H](NC(=O)[C@H](COC(=O)C(=C)C)[N+](C)(Cc1ccccc1)Cc1ccccc1)C(=O)[O-]. The van der Waals surface area contributed by atoms with Gasteiger partial charge in [-0.3, -0.25) is 4.79 Å². The minimum Gasteiger partial charge on any atom is -0.548 e. The first-order valence-electron chi connectivity index (χ1n) is 12.0. The summed E-state index contributed by atoms with van der Waals surface area (Å²) in [5.74, 6) is -3.83. The standard InChI is InChI=1S/C29H34N2O7/c1-20(2)28(35)37-18-24(27(33)34)30-26(32)25(19-38-29(36)21(3)4)31(5,16-22-12-8-6-9-13-22)17-23-14-10-7-11-15-23/h6-15,24-25H,1,3,16-19H2,2,4-5H3,(H-,30,32,33,34)/t24-,25-/m0/s1. The molecule has 2 rings (SSSR count). The van der Waals surface area contributed by atoms with Crippen LogP contribution in [0, 0.1) is 0 Å². The Kier molecular flexibility index (Phi) is 11.0. The first-order valence-corrected chi connectivity index (χ1v) is 12.0. The molecule has 0 spiro atoms. The fourth-order valence-corrected chi connectivity index (χ4v) is 3.81. The van der Waals surface area contributed by atoms with Gasteiger partial charge in [-0.2, -0.15) is 0 Å². The van der Waals surface area contributed by atoms with Gasteiger partial charge in [0, 0.05) is 22.3 Å². The Morgan fingerprint density at radius 1 is 0.816 bits per heavy atom. The normalized spacial score (nSPS) is 12.5. The number of carbonyl (C=O) groups excluding carboxylic acids is 4. The molecule has 202 valence electrons. The first kappa shape index (κ1) is 30.0. The van der Waals surface area contributed by atoms with E-state index in [4.69, 9.17) is 9.47 Å². The molecule has 0 saturated carbocycles. The zero-order valence-corrected chi connectivity index (χ0v) is 22.0. The molecule has 0 aliphatic rings. The number of quaternary nitrogens is 1. The molecular weight excluding hydrogens is 488 g/mol. The largest absolute Gasteiger partial charge is 0.548 e. The minimum absolute atomic E-state index is 0.0364. The molecule has 0 aliphatic heterocycles. The highest BCUT2D eigenvalue weighted by Gasteiger charge is 2.41. The van der Waals surface area contributed by atoms with Crippen molar-refractivity contribution in [2.24, 2.45) is 0 Å². The number of rotatable bonds is 14. The maximum Gasteiger partial charge on any atom is 0.333 e. The van der Waals surface area contributed by atoms with Gasteiger partial charge in [-0.15, -0.1) is 0 Å². The van der Waals surface area contributed by atoms with Crippen LogP contribution >= 0.6 is 0 Å². The number of benzene rings is 2. The van der Waals surface area contributed by atoms with Crippen LogP contribution in [-0.2, 0) is 41.7 Å². The van der Waals surface area contributed by atoms with E-state index in [1.165, 1.54) is 13.8 Å². The second kappa shape index (κ2) is 13.9. The third-order valence-electron chi connectivity index (χ3n) is 5.88. The van der Waals surface area contributed by atoms with Crippen LogP contribution in [0.1, 0.15) is 25.0 Å². The lowest BCUT2D eigenvalue weighted by molar-refractivity contribution is -0.950. The quantitative estimate of drug-likeness (QED) is 0.228. The Labute approximate surface area is 223 Å². The highest BCUT2D eigenvalue weighted by atomic mass is 16.5. The van der Waals surface area contributed by atoms with E-state index < -0.39 is 42.5 Å². The fourth-order valence-electron chi connectivity index (χ4n) is 3.81. The van der Waals surface area contributed by atoms with Crippen molar-refractivity contribution in [3.05, 3.63) is 96.1 Å². The molecule has 0 saturated heterocycles. The molecule has 38 heavy (non-hydrogen) atoms. The van der Waals surface area contributed by atoms with Gasteiger partial charge in [0.1, 0.15) is 25.7 Å². The summed E-state index contributed by atoms with van der Waals surface area (Å²) in [6, 6.07) is 16.2. The summed E-state index contributed by atoms with van der Waals surface area (Å²) in [6.45, 7) is 9.65. The molecule has 0 unspecified atom stereocenters. The van der Waals surface area contributed by atoms with Gasteiger partial charge < -0.3 is 29.2 Å². The molecule has 0 fully saturated rings. The van der Waals surface area contributed by atoms with Gasteiger partial charge in [-0.25, -0.2) is 9.59 Å². The van der Waals surface area contributed by atoms with Crippen molar-refractivity contribution in [3.8, 4) is 0 Å². The maximum atomic E-state index is 13.7. The number of carboxylic acids is 1. The molecular formula is C29H34N2O7. The molecule has 2 aromatic carbocycles. The van der Waals surface area contributed by atoms with Crippen molar-refractivity contribution in [1.29, 1.82) is 0 Å². The van der Waals surface area contributed by atoms with Crippen molar-refractivity contribution in [1.82, 2.24) is 5.32 Å². The van der Waals surface area contributed by atoms with E-state index in [9.17, 15) is 24.3 Å². The molecule has 9 nitrogen and oxygen atoms in total. The smallest absolute Gasteiger partial charge is 0.333 e. The van der Waals surface area contributed by atoms with Gasteiger partial charge >= 0.3 is 11.9 Å². The number of nitrogens with one attached hydrogen (secondary N) is 1. The molecule has 0 bridgehead atoms. The Morgan fingerprint density at radius 3 is 1.63 bits per heavy atom. The van der Waals surface area contributed by atoms with Crippen LogP contribution in [0.2, 0.25) is 0 Å². The summed E-state index contributed by atoms with van der Waals surface area (Å²) >= 11 is 0. The Morgan fingerprint density at radius 2 is 1.24 bits per heavy atom. The van der Waals surface area contributed by atoms with Crippen LogP contribution in [-0.4, -0.2) is 60.6 Å². The summed E-state index contributed by atoms with van der Waals surface area (Å²) in [7, 11) is 1.83. The van der Waals surface area contributed by atoms with Gasteiger partial charge in [0.25, 0.3) is 5.91 Å². The van der Waals surface area contributed by atoms with Crippen molar-refractivity contribution < 1.29 is 38.2 Å². The summed E-state index contributed by atoms with van der Waals surface area (Å²) < 4.78 is 10.4. The van der Waals surface area contributed by atoms with E-state index in [0.29, 0.717) is 13.1 Å². The predicted molar refractivity (Wildman–Crippen MR) is 139 cm³/mol. The summed E-state index contributed by atoms with van der Waals surface area (Å²) in [6.07, 6.45) is 0. The number of esters is 2. The number of aliphatic carboxylic acids is 1. The monoisotopic (exact) mass is 522 g/mol. The van der Waals surface area contributed by atoms with Crippen LogP contribution < -0.4 is 10.4 Å². The van der Waals surface area contributed by atoms with Crippen molar-refractivity contribution in [2.75, 3.05) is 20.3 Å². The van der Waals surface area contributed by atoms with Crippen molar-refractivity contribution in [2.45, 2.75) is 39.0 Å². The number of amides is 1. The number of hydrogen-bond acceptors (Lipinski definition) is 7. The number of hydrogen-bond donors (Lipinski definition) is 1. The van der Waals surface area contributed by atoms with Crippen LogP contribution in [0.3, 0.4) is 0 Å². The average Bonchev–Trinajstić information content (AvgIpc) is 2.86. The Bertz CT molecular complexity index is 1120. The summed E-state index contributed by atoms with van der Waals surface area (Å²) in [5.41, 5.74) is 2.07. The van der Waals surface area contributed by atoms with Crippen LogP contribution in [0.25, 0.3) is 0 Å². The molecule has 2 atom stereocenters. The molecule has 2 aromatic rings. The second-order valence-electron chi connectivity index (χ2n) is 9.42. The van der Waals surface area contributed by atoms with Gasteiger partial charge in [0.15, 0.2) is 6.61 Å². The highest BCUT2D eigenvalue weighted by molar-refractivity contribution is 5.89. The topological polar surface area (TPSA) is 122 Å². The number of carboxylic acid groups (broad SMARTS) is 1. The lowest BCUT2D eigenvalue weighted by atomic mass is 10.1. The van der Waals surface area contributed by atoms with E-state index in [-0.39, 0.29) is 22.2 Å². The predicted octanol–water partition coefficient (Wildman–Crippen LogP) is 1.68. The van der Waals surface area contributed by atoms with E-state index in [0.717, 1.165) is 11.1 Å². The molecule has 0 heterocycles. The van der Waals surface area contributed by atoms with E-state index in [1.54, 1.807) is 0 Å². The van der Waals surface area contributed by atoms with Crippen molar-refractivity contribution >= 4 is 23.8 Å². The van der Waals surface area contributed by atoms with Crippen LogP contribution in [0.4, 0.5) is 0 Å². The van der Waals surface area contributed by atoms with Crippen LogP contribution in [0.15, 0.2) is 85.0 Å². The lowest BCUT2D eigenvalue weighted by Gasteiger charge is -2.41. The average molecular weight is 523 g/mol. The fraction of sp³-hybridized carbons (Fsp3) is 0.310. The van der Waals surface area contributed by atoms with Gasteiger partial charge in [-0.1, -0.05) is 73.8 Å². The third kappa shape index (κ3) is 9.01. The van der Waals surface area contributed by atoms with Gasteiger partial charge in [0.2, 0.25) is 6.04 Å². The number of nitrogens with zero attached hydrogens (tertiary/aromatic N) is 1. The minimum atomic E-state index is -1.63. The Balaban J connectivity index is 2.44. The number of ether oxygens (including phenoxy) is 2. The number of likely N-dealkylation sites (N-methyl/N-ethyl adjacent to an activating group) is 1.